The van der Waals surface area contributed by atoms with Crippen molar-refractivity contribution in [3.05, 3.63) is 0 Å². The second-order valence-corrected chi connectivity index (χ2v) is 4.33. The van der Waals surface area contributed by atoms with Crippen LogP contribution in [0.25, 0.3) is 0 Å². The second kappa shape index (κ2) is 5.36. The van der Waals surface area contributed by atoms with Crippen molar-refractivity contribution in [2.75, 3.05) is 6.54 Å². The second-order valence-electron chi connectivity index (χ2n) is 4.33. The van der Waals surface area contributed by atoms with Gasteiger partial charge in [-0.3, -0.25) is 0 Å². The number of hydrogen-bond donors (Lipinski definition) is 1. The molecule has 80 valence electrons. The topological polar surface area (TPSA) is 65.1 Å². The van der Waals surface area contributed by atoms with E-state index in [1.54, 1.807) is 0 Å². The molecule has 1 spiro atoms. The fraction of sp³-hybridized carbons (Fsp3) is 0.900. The normalized spacial score (nSPS) is 27.1. The Balaban J connectivity index is 0.00000112. The average Bonchev–Trinajstić information content (AvgIpc) is 2.79. The Bertz CT molecular complexity index is 229. The molecule has 1 heterocycles. The van der Waals surface area contributed by atoms with Gasteiger partial charge in [-0.05, 0) is 25.7 Å². The predicted molar refractivity (Wildman–Crippen MR) is 49.9 cm³/mol. The van der Waals surface area contributed by atoms with Gasteiger partial charge in [0, 0.05) is 12.5 Å². The number of nitrogens with one attached hydrogen (secondary N) is 1. The zero-order chi connectivity index (χ0) is 10.0. The third kappa shape index (κ3) is 3.22. The first-order valence-electron chi connectivity index (χ1n) is 5.48. The van der Waals surface area contributed by atoms with Crippen LogP contribution in [-0.4, -0.2) is 23.2 Å². The molecule has 2 rings (SSSR count). The van der Waals surface area contributed by atoms with Gasteiger partial charge < -0.3 is 9.90 Å². The Morgan fingerprint density at radius 2 is 2.00 bits per heavy atom. The van der Waals surface area contributed by atoms with Crippen LogP contribution in [0.4, 0.5) is 0 Å². The number of aliphatic carboxylic acids is 1. The number of hydrogen-bond acceptors (Lipinski definition) is 4. The summed E-state index contributed by atoms with van der Waals surface area (Å²) in [5.41, 5.74) is 3.63. The first-order chi connectivity index (χ1) is 6.73. The third-order valence-electron chi connectivity index (χ3n) is 3.25. The van der Waals surface area contributed by atoms with Crippen molar-refractivity contribution < 1.29 is 28.8 Å². The predicted octanol–water partition coefficient (Wildman–Crippen LogP) is -3.00. The van der Waals surface area contributed by atoms with Gasteiger partial charge in [0.1, 0.15) is 0 Å². The number of rotatable bonds is 4. The van der Waals surface area contributed by atoms with E-state index < -0.39 is 5.97 Å². The van der Waals surface area contributed by atoms with Crippen molar-refractivity contribution in [1.29, 1.82) is 0 Å². The van der Waals surface area contributed by atoms with Crippen LogP contribution in [0.2, 0.25) is 0 Å². The number of carbonyl (C=O) groups is 1. The van der Waals surface area contributed by atoms with Crippen molar-refractivity contribution >= 4 is 5.97 Å². The number of hydrazine groups is 1. The van der Waals surface area contributed by atoms with E-state index in [-0.39, 0.29) is 30.9 Å². The summed E-state index contributed by atoms with van der Waals surface area (Å²) in [5.74, 6) is -0.940. The van der Waals surface area contributed by atoms with Crippen LogP contribution in [0.15, 0.2) is 0 Å². The van der Waals surface area contributed by atoms with E-state index in [0.717, 1.165) is 6.54 Å². The molecule has 2 aliphatic rings. The fourth-order valence-electron chi connectivity index (χ4n) is 2.40. The molecule has 1 saturated heterocycles. The molecule has 15 heavy (non-hydrogen) atoms. The van der Waals surface area contributed by atoms with Crippen molar-refractivity contribution in [3.63, 3.8) is 0 Å². The molecule has 1 aliphatic heterocycles. The maximum absolute atomic E-state index is 10.2. The Hall–Kier alpha value is -0.0126. The Kier molecular flexibility index (Phi) is 4.66. The molecule has 1 atom stereocenters. The summed E-state index contributed by atoms with van der Waals surface area (Å²) in [4.78, 5) is 10.2. The summed E-state index contributed by atoms with van der Waals surface area (Å²) >= 11 is 0. The molecule has 0 radical (unpaired) electrons. The van der Waals surface area contributed by atoms with E-state index in [2.05, 4.69) is 10.4 Å². The van der Waals surface area contributed by atoms with E-state index in [9.17, 15) is 9.90 Å². The Labute approximate surface area is 103 Å². The SMILES string of the molecule is O=C([O-])CCCN1NC12CCCCC2.[Li+]. The minimum absolute atomic E-state index is 0. The molecule has 1 N–H and O–H groups in total. The van der Waals surface area contributed by atoms with Crippen LogP contribution in [0, 0.1) is 0 Å². The van der Waals surface area contributed by atoms with Gasteiger partial charge >= 0.3 is 18.9 Å². The molecule has 0 bridgehead atoms. The van der Waals surface area contributed by atoms with E-state index >= 15 is 0 Å². The molecule has 0 aromatic rings. The fourth-order valence-corrected chi connectivity index (χ4v) is 2.40. The summed E-state index contributed by atoms with van der Waals surface area (Å²) in [6, 6.07) is 0. The standard InChI is InChI=1S/C10H18N2O2.Li/c13-9(14)5-4-8-12-10(11-12)6-2-1-3-7-10;/h11H,1-8H2,(H,13,14);/q;+1/p-1. The van der Waals surface area contributed by atoms with Crippen molar-refractivity contribution in [2.24, 2.45) is 0 Å². The smallest absolute Gasteiger partial charge is 0.550 e. The molecule has 0 aromatic carbocycles. The molecule has 2 fully saturated rings. The van der Waals surface area contributed by atoms with Crippen molar-refractivity contribution in [2.45, 2.75) is 50.6 Å². The molecule has 0 amide bonds. The van der Waals surface area contributed by atoms with Gasteiger partial charge in [-0.2, -0.15) is 0 Å². The molecule has 1 saturated carbocycles. The molecule has 5 heteroatoms. The Morgan fingerprint density at radius 3 is 2.60 bits per heavy atom. The van der Waals surface area contributed by atoms with Gasteiger partial charge in [0.25, 0.3) is 0 Å². The van der Waals surface area contributed by atoms with Crippen LogP contribution >= 0.6 is 0 Å². The van der Waals surface area contributed by atoms with Crippen LogP contribution < -0.4 is 29.4 Å². The van der Waals surface area contributed by atoms with Gasteiger partial charge in [0.2, 0.25) is 0 Å². The van der Waals surface area contributed by atoms with Gasteiger partial charge in [-0.1, -0.05) is 19.3 Å². The summed E-state index contributed by atoms with van der Waals surface area (Å²) in [6.45, 7) is 0.841. The molecule has 4 nitrogen and oxygen atoms in total. The van der Waals surface area contributed by atoms with Gasteiger partial charge in [-0.25, -0.2) is 10.4 Å². The van der Waals surface area contributed by atoms with Crippen LogP contribution in [-0.2, 0) is 4.79 Å². The van der Waals surface area contributed by atoms with E-state index in [0.29, 0.717) is 6.42 Å². The molecule has 0 aromatic heterocycles. The first-order valence-corrected chi connectivity index (χ1v) is 5.48. The van der Waals surface area contributed by atoms with Gasteiger partial charge in [-0.15, -0.1) is 0 Å². The quantitative estimate of drug-likeness (QED) is 0.391. The largest absolute Gasteiger partial charge is 1.00 e. The van der Waals surface area contributed by atoms with E-state index in [1.165, 1.54) is 32.1 Å². The van der Waals surface area contributed by atoms with E-state index in [1.807, 2.05) is 0 Å². The monoisotopic (exact) mass is 204 g/mol. The summed E-state index contributed by atoms with van der Waals surface area (Å²) in [5, 5.41) is 12.4. The minimum Gasteiger partial charge on any atom is -0.550 e. The zero-order valence-electron chi connectivity index (χ0n) is 9.42. The summed E-state index contributed by atoms with van der Waals surface area (Å²) in [6.07, 6.45) is 7.24. The van der Waals surface area contributed by atoms with Crippen molar-refractivity contribution in [3.8, 4) is 0 Å². The summed E-state index contributed by atoms with van der Waals surface area (Å²) < 4.78 is 0. The maximum Gasteiger partial charge on any atom is 1.00 e. The molecular weight excluding hydrogens is 187 g/mol. The van der Waals surface area contributed by atoms with Crippen molar-refractivity contribution in [1.82, 2.24) is 10.4 Å². The van der Waals surface area contributed by atoms with Crippen LogP contribution in [0.3, 0.4) is 0 Å². The van der Waals surface area contributed by atoms with Gasteiger partial charge in [0.15, 0.2) is 0 Å². The van der Waals surface area contributed by atoms with Crippen LogP contribution in [0.5, 0.6) is 0 Å². The molecular formula is C10H17LiN2O2. The van der Waals surface area contributed by atoms with E-state index in [4.69, 9.17) is 0 Å². The maximum atomic E-state index is 10.2. The minimum atomic E-state index is -0.940. The number of nitrogens with zero attached hydrogens (tertiary/aromatic N) is 1. The molecule has 1 unspecified atom stereocenters. The number of carbonyl (C=O) groups excluding carboxylic acids is 1. The molecule has 1 aliphatic carbocycles. The average molecular weight is 204 g/mol. The Morgan fingerprint density at radius 1 is 1.33 bits per heavy atom. The third-order valence-corrected chi connectivity index (χ3v) is 3.25. The first kappa shape index (κ1) is 13.1. The van der Waals surface area contributed by atoms with Crippen LogP contribution in [0.1, 0.15) is 44.9 Å². The number of carboxylic acid groups (broad SMARTS) is 1. The van der Waals surface area contributed by atoms with Gasteiger partial charge in [0.05, 0.1) is 5.66 Å². The summed E-state index contributed by atoms with van der Waals surface area (Å²) in [7, 11) is 0. The zero-order valence-corrected chi connectivity index (χ0v) is 9.42. The number of carboxylic acids is 1.